The van der Waals surface area contributed by atoms with Crippen molar-refractivity contribution in [3.8, 4) is 0 Å². The van der Waals surface area contributed by atoms with E-state index in [1.54, 1.807) is 0 Å². The van der Waals surface area contributed by atoms with Crippen LogP contribution in [0.25, 0.3) is 0 Å². The summed E-state index contributed by atoms with van der Waals surface area (Å²) >= 11 is 6.15. The van der Waals surface area contributed by atoms with Crippen molar-refractivity contribution in [3.63, 3.8) is 0 Å². The monoisotopic (exact) mass is 431 g/mol. The van der Waals surface area contributed by atoms with E-state index in [-0.39, 0.29) is 14.8 Å². The maximum absolute atomic E-state index is 13.4. The number of rotatable bonds is 5. The molecule has 0 radical (unpaired) electrons. The number of hydrogen-bond donors (Lipinski definition) is 0. The molecule has 0 saturated carbocycles. The molecule has 0 aliphatic carbocycles. The topological polar surface area (TPSA) is 84.7 Å². The summed E-state index contributed by atoms with van der Waals surface area (Å²) in [5.41, 5.74) is 0. The minimum Gasteiger partial charge on any atom is -0.464 e. The normalized spacial score (nSPS) is 19.3. The van der Waals surface area contributed by atoms with Crippen molar-refractivity contribution in [2.24, 2.45) is 0 Å². The molecule has 3 rings (SSSR count). The zero-order chi connectivity index (χ0) is 19.8. The summed E-state index contributed by atoms with van der Waals surface area (Å²) in [6.07, 6.45) is 4.00. The molecular formula is C18H22ClNO5S2. The molecule has 1 aliphatic rings. The summed E-state index contributed by atoms with van der Waals surface area (Å²) in [6.45, 7) is 2.29. The van der Waals surface area contributed by atoms with Gasteiger partial charge in [-0.15, -0.1) is 0 Å². The van der Waals surface area contributed by atoms with Gasteiger partial charge in [0.25, 0.3) is 0 Å². The molecule has 0 amide bonds. The summed E-state index contributed by atoms with van der Waals surface area (Å²) < 4.78 is 57.6. The molecule has 2 heterocycles. The SMILES string of the molecule is CCc1ccc([C@H]2CCCCN2S(=O)(=O)c2cc(S(C)(=O)=O)ccc2Cl)o1. The van der Waals surface area contributed by atoms with Crippen LogP contribution >= 0.6 is 11.6 Å². The van der Waals surface area contributed by atoms with E-state index in [0.29, 0.717) is 18.7 Å². The van der Waals surface area contributed by atoms with Crippen molar-refractivity contribution >= 4 is 31.5 Å². The maximum atomic E-state index is 13.4. The molecule has 1 aliphatic heterocycles. The van der Waals surface area contributed by atoms with E-state index >= 15 is 0 Å². The molecule has 9 heteroatoms. The minimum atomic E-state index is -3.99. The average Bonchev–Trinajstić information content (AvgIpc) is 3.10. The van der Waals surface area contributed by atoms with Crippen molar-refractivity contribution in [3.05, 3.63) is 46.9 Å². The predicted molar refractivity (Wildman–Crippen MR) is 103 cm³/mol. The third-order valence-corrected chi connectivity index (χ3v) is 8.23. The van der Waals surface area contributed by atoms with Crippen LogP contribution in [0.4, 0.5) is 0 Å². The molecule has 0 bridgehead atoms. The Morgan fingerprint density at radius 2 is 1.89 bits per heavy atom. The largest absolute Gasteiger partial charge is 0.464 e. The smallest absolute Gasteiger partial charge is 0.245 e. The first-order valence-corrected chi connectivity index (χ1v) is 12.5. The lowest BCUT2D eigenvalue weighted by atomic mass is 10.0. The van der Waals surface area contributed by atoms with Gasteiger partial charge in [-0.2, -0.15) is 4.31 Å². The second-order valence-corrected chi connectivity index (χ2v) is 10.9. The van der Waals surface area contributed by atoms with Crippen LogP contribution in [0.5, 0.6) is 0 Å². The Bertz CT molecular complexity index is 1040. The zero-order valence-electron chi connectivity index (χ0n) is 15.2. The van der Waals surface area contributed by atoms with E-state index in [1.807, 2.05) is 19.1 Å². The molecule has 27 heavy (non-hydrogen) atoms. The van der Waals surface area contributed by atoms with Gasteiger partial charge in [0.05, 0.1) is 16.0 Å². The highest BCUT2D eigenvalue weighted by molar-refractivity contribution is 7.91. The first-order valence-electron chi connectivity index (χ1n) is 8.74. The van der Waals surface area contributed by atoms with E-state index in [9.17, 15) is 16.8 Å². The second-order valence-electron chi connectivity index (χ2n) is 6.65. The summed E-state index contributed by atoms with van der Waals surface area (Å²) in [7, 11) is -7.55. The van der Waals surface area contributed by atoms with Crippen molar-refractivity contribution < 1.29 is 21.3 Å². The van der Waals surface area contributed by atoms with Gasteiger partial charge in [-0.3, -0.25) is 0 Å². The van der Waals surface area contributed by atoms with Crippen LogP contribution in [0.15, 0.2) is 44.5 Å². The lowest BCUT2D eigenvalue weighted by molar-refractivity contribution is 0.223. The van der Waals surface area contributed by atoms with Crippen LogP contribution in [0.2, 0.25) is 5.02 Å². The summed E-state index contributed by atoms with van der Waals surface area (Å²) in [4.78, 5) is -0.272. The molecule has 1 atom stereocenters. The Morgan fingerprint density at radius 3 is 2.52 bits per heavy atom. The van der Waals surface area contributed by atoms with E-state index in [2.05, 4.69) is 0 Å². The van der Waals surface area contributed by atoms with Crippen LogP contribution in [0.1, 0.15) is 43.7 Å². The fourth-order valence-electron chi connectivity index (χ4n) is 3.28. The van der Waals surface area contributed by atoms with Crippen LogP contribution in [0.3, 0.4) is 0 Å². The quantitative estimate of drug-likeness (QED) is 0.718. The van der Waals surface area contributed by atoms with Gasteiger partial charge in [0.15, 0.2) is 9.84 Å². The molecule has 0 N–H and O–H groups in total. The fourth-order valence-corrected chi connectivity index (χ4v) is 6.17. The number of piperidine rings is 1. The Hall–Kier alpha value is -1.35. The molecule has 148 valence electrons. The van der Waals surface area contributed by atoms with Crippen LogP contribution in [-0.4, -0.2) is 33.9 Å². The first-order chi connectivity index (χ1) is 12.6. The first kappa shape index (κ1) is 20.4. The van der Waals surface area contributed by atoms with Crippen molar-refractivity contribution in [2.75, 3.05) is 12.8 Å². The number of hydrogen-bond acceptors (Lipinski definition) is 5. The van der Waals surface area contributed by atoms with Gasteiger partial charge < -0.3 is 4.42 Å². The number of halogens is 1. The standard InChI is InChI=1S/C18H22ClNO5S2/c1-3-13-7-10-17(25-13)16-6-4-5-11-20(16)27(23,24)18-12-14(26(2,21)22)8-9-15(18)19/h7-10,12,16H,3-6,11H2,1-2H3/t16-/m1/s1. The van der Waals surface area contributed by atoms with Crippen LogP contribution in [0, 0.1) is 0 Å². The molecule has 0 unspecified atom stereocenters. The zero-order valence-corrected chi connectivity index (χ0v) is 17.6. The Balaban J connectivity index is 2.06. The Labute approximate surface area is 165 Å². The summed E-state index contributed by atoms with van der Waals surface area (Å²) in [6, 6.07) is 6.99. The van der Waals surface area contributed by atoms with Crippen LogP contribution in [-0.2, 0) is 26.3 Å². The van der Waals surface area contributed by atoms with Crippen LogP contribution < -0.4 is 0 Å². The van der Waals surface area contributed by atoms with Gasteiger partial charge in [0.1, 0.15) is 16.4 Å². The van der Waals surface area contributed by atoms with Gasteiger partial charge in [0, 0.05) is 19.2 Å². The highest BCUT2D eigenvalue weighted by atomic mass is 35.5. The van der Waals surface area contributed by atoms with Gasteiger partial charge in [-0.25, -0.2) is 16.8 Å². The summed E-state index contributed by atoms with van der Waals surface area (Å²) in [5, 5.41) is 0.000385. The fraction of sp³-hybridized carbons (Fsp3) is 0.444. The Morgan fingerprint density at radius 1 is 1.15 bits per heavy atom. The number of aryl methyl sites for hydroxylation is 1. The van der Waals surface area contributed by atoms with E-state index in [4.69, 9.17) is 16.0 Å². The van der Waals surface area contributed by atoms with Crippen molar-refractivity contribution in [2.45, 2.75) is 48.4 Å². The lowest BCUT2D eigenvalue weighted by Gasteiger charge is -2.33. The highest BCUT2D eigenvalue weighted by Crippen LogP contribution is 2.38. The van der Waals surface area contributed by atoms with Gasteiger partial charge in [-0.1, -0.05) is 24.9 Å². The maximum Gasteiger partial charge on any atom is 0.245 e. The molecule has 1 aromatic carbocycles. The summed E-state index contributed by atoms with van der Waals surface area (Å²) in [5.74, 6) is 1.40. The minimum absolute atomic E-state index is 0.000385. The van der Waals surface area contributed by atoms with Gasteiger partial charge in [-0.05, 0) is 43.2 Å². The number of sulfonamides is 1. The average molecular weight is 432 g/mol. The molecular weight excluding hydrogens is 410 g/mol. The van der Waals surface area contributed by atoms with Gasteiger partial charge >= 0.3 is 0 Å². The molecule has 2 aromatic rings. The van der Waals surface area contributed by atoms with Crippen molar-refractivity contribution in [1.82, 2.24) is 4.31 Å². The third kappa shape index (κ3) is 4.08. The molecule has 6 nitrogen and oxygen atoms in total. The number of furan rings is 1. The molecule has 0 spiro atoms. The van der Waals surface area contributed by atoms with E-state index in [0.717, 1.165) is 37.3 Å². The van der Waals surface area contributed by atoms with E-state index in [1.165, 1.54) is 16.4 Å². The van der Waals surface area contributed by atoms with Crippen molar-refractivity contribution in [1.29, 1.82) is 0 Å². The molecule has 1 fully saturated rings. The molecule has 1 aromatic heterocycles. The number of sulfone groups is 1. The third-order valence-electron chi connectivity index (χ3n) is 4.73. The second kappa shape index (κ2) is 7.58. The highest BCUT2D eigenvalue weighted by Gasteiger charge is 2.37. The van der Waals surface area contributed by atoms with E-state index < -0.39 is 25.9 Å². The predicted octanol–water partition coefficient (Wildman–Crippen LogP) is 3.81. The van der Waals surface area contributed by atoms with Gasteiger partial charge in [0.2, 0.25) is 10.0 Å². The number of nitrogens with zero attached hydrogens (tertiary/aromatic N) is 1. The lowest BCUT2D eigenvalue weighted by Crippen LogP contribution is -2.38. The molecule has 1 saturated heterocycles. The Kier molecular flexibility index (Phi) is 5.72. The number of benzene rings is 1.